The average molecular weight is 212 g/mol. The summed E-state index contributed by atoms with van der Waals surface area (Å²) in [7, 11) is 0. The zero-order valence-electron chi connectivity index (χ0n) is 8.91. The Morgan fingerprint density at radius 1 is 1.33 bits per heavy atom. The lowest BCUT2D eigenvalue weighted by molar-refractivity contribution is -0.142. The predicted octanol–water partition coefficient (Wildman–Crippen LogP) is 1.89. The Hall–Kier alpha value is -1.32. The van der Waals surface area contributed by atoms with Crippen molar-refractivity contribution in [1.29, 1.82) is 0 Å². The first-order chi connectivity index (χ1) is 7.16. The summed E-state index contributed by atoms with van der Waals surface area (Å²) in [5.74, 6) is -1.41. The summed E-state index contributed by atoms with van der Waals surface area (Å²) in [4.78, 5) is 22.8. The monoisotopic (exact) mass is 212 g/mol. The summed E-state index contributed by atoms with van der Waals surface area (Å²) in [6.45, 7) is 1.86. The minimum atomic E-state index is -0.789. The van der Waals surface area contributed by atoms with Gasteiger partial charge in [-0.25, -0.2) is 4.79 Å². The van der Waals surface area contributed by atoms with Gasteiger partial charge in [0.1, 0.15) is 0 Å². The van der Waals surface area contributed by atoms with Crippen molar-refractivity contribution >= 4 is 11.8 Å². The van der Waals surface area contributed by atoms with Crippen LogP contribution in [0.5, 0.6) is 0 Å². The smallest absolute Gasteiger partial charge is 0.373 e. The van der Waals surface area contributed by atoms with Crippen molar-refractivity contribution in [2.75, 3.05) is 6.61 Å². The molecule has 0 saturated heterocycles. The Labute approximate surface area is 88.9 Å². The molecule has 1 saturated carbocycles. The van der Waals surface area contributed by atoms with Gasteiger partial charge in [-0.05, 0) is 26.2 Å². The van der Waals surface area contributed by atoms with E-state index in [1.54, 1.807) is 6.92 Å². The van der Waals surface area contributed by atoms with Gasteiger partial charge in [0, 0.05) is 12.0 Å². The van der Waals surface area contributed by atoms with Crippen molar-refractivity contribution in [2.24, 2.45) is 0 Å². The van der Waals surface area contributed by atoms with Gasteiger partial charge in [-0.15, -0.1) is 0 Å². The van der Waals surface area contributed by atoms with E-state index in [1.165, 1.54) is 0 Å². The zero-order chi connectivity index (χ0) is 11.3. The highest BCUT2D eigenvalue weighted by Crippen LogP contribution is 2.21. The van der Waals surface area contributed by atoms with E-state index in [4.69, 9.17) is 0 Å². The van der Waals surface area contributed by atoms with Crippen molar-refractivity contribution in [1.82, 2.24) is 0 Å². The van der Waals surface area contributed by atoms with Crippen LogP contribution in [0.15, 0.2) is 11.3 Å². The molecule has 0 aromatic carbocycles. The summed E-state index contributed by atoms with van der Waals surface area (Å²) in [5.41, 5.74) is 0.242. The number of carbonyl (C=O) groups excluding carboxylic acids is 2. The molecule has 0 spiro atoms. The molecule has 0 bridgehead atoms. The van der Waals surface area contributed by atoms with Crippen LogP contribution in [0.1, 0.15) is 39.0 Å². The van der Waals surface area contributed by atoms with Crippen LogP contribution in [0.3, 0.4) is 0 Å². The first kappa shape index (κ1) is 11.8. The molecule has 0 unspecified atom stereocenters. The van der Waals surface area contributed by atoms with E-state index in [0.29, 0.717) is 12.8 Å². The number of ketones is 1. The van der Waals surface area contributed by atoms with Gasteiger partial charge < -0.3 is 9.84 Å². The van der Waals surface area contributed by atoms with Gasteiger partial charge in [-0.2, -0.15) is 0 Å². The predicted molar refractivity (Wildman–Crippen MR) is 54.4 cm³/mol. The molecule has 0 aliphatic heterocycles. The third-order valence-electron chi connectivity index (χ3n) is 2.42. The summed E-state index contributed by atoms with van der Waals surface area (Å²) in [6, 6.07) is 0. The maximum Gasteiger partial charge on any atom is 0.373 e. The molecule has 0 heterocycles. The summed E-state index contributed by atoms with van der Waals surface area (Å²) in [6.07, 6.45) is 3.52. The highest BCUT2D eigenvalue weighted by molar-refractivity contribution is 6.02. The number of hydrogen-bond donors (Lipinski definition) is 1. The lowest BCUT2D eigenvalue weighted by Crippen LogP contribution is -2.13. The van der Waals surface area contributed by atoms with Crippen LogP contribution in [0.2, 0.25) is 0 Å². The van der Waals surface area contributed by atoms with Crippen LogP contribution in [-0.2, 0) is 14.3 Å². The molecule has 1 N–H and O–H groups in total. The van der Waals surface area contributed by atoms with Gasteiger partial charge in [0.2, 0.25) is 5.76 Å². The Balaban J connectivity index is 2.84. The third-order valence-corrected chi connectivity index (χ3v) is 2.42. The van der Waals surface area contributed by atoms with E-state index in [-0.39, 0.29) is 18.0 Å². The largest absolute Gasteiger partial charge is 0.502 e. The van der Waals surface area contributed by atoms with Crippen molar-refractivity contribution < 1.29 is 19.4 Å². The molecule has 1 rings (SSSR count). The van der Waals surface area contributed by atoms with Gasteiger partial charge in [0.15, 0.2) is 5.78 Å². The molecule has 0 atom stereocenters. The molecule has 4 heteroatoms. The van der Waals surface area contributed by atoms with E-state index in [2.05, 4.69) is 4.74 Å². The van der Waals surface area contributed by atoms with E-state index in [9.17, 15) is 14.7 Å². The fourth-order valence-electron chi connectivity index (χ4n) is 1.63. The van der Waals surface area contributed by atoms with Crippen LogP contribution < -0.4 is 0 Å². The fraction of sp³-hybridized carbons (Fsp3) is 0.636. The van der Waals surface area contributed by atoms with E-state index >= 15 is 0 Å². The highest BCUT2D eigenvalue weighted by Gasteiger charge is 2.22. The fourth-order valence-corrected chi connectivity index (χ4v) is 1.63. The van der Waals surface area contributed by atoms with Crippen LogP contribution in [0.4, 0.5) is 0 Å². The molecule has 1 aliphatic rings. The number of hydrogen-bond acceptors (Lipinski definition) is 4. The van der Waals surface area contributed by atoms with Gasteiger partial charge >= 0.3 is 5.97 Å². The average Bonchev–Trinajstić information content (AvgIpc) is 2.42. The molecule has 4 nitrogen and oxygen atoms in total. The summed E-state index contributed by atoms with van der Waals surface area (Å²) >= 11 is 0. The van der Waals surface area contributed by atoms with Gasteiger partial charge in [0.05, 0.1) is 6.61 Å². The second-order valence-electron chi connectivity index (χ2n) is 3.53. The van der Waals surface area contributed by atoms with Gasteiger partial charge in [-0.1, -0.05) is 6.42 Å². The molecule has 0 radical (unpaired) electrons. The van der Waals surface area contributed by atoms with Crippen molar-refractivity contribution in [3.05, 3.63) is 11.3 Å². The SMILES string of the molecule is CCOC(=O)C(O)=C1CCCCCC1=O. The van der Waals surface area contributed by atoms with Crippen LogP contribution in [-0.4, -0.2) is 23.5 Å². The minimum absolute atomic E-state index is 0.127. The lowest BCUT2D eigenvalue weighted by atomic mass is 10.1. The molecule has 0 aromatic heterocycles. The first-order valence-corrected chi connectivity index (χ1v) is 5.29. The third kappa shape index (κ3) is 3.08. The number of rotatable bonds is 2. The number of Topliss-reactive ketones (excluding diaryl/α,β-unsaturated/α-hetero) is 1. The molecule has 1 fully saturated rings. The number of carbonyl (C=O) groups is 2. The molecule has 15 heavy (non-hydrogen) atoms. The van der Waals surface area contributed by atoms with E-state index in [1.807, 2.05) is 0 Å². The zero-order valence-corrected chi connectivity index (χ0v) is 8.91. The summed E-state index contributed by atoms with van der Waals surface area (Å²) in [5, 5.41) is 9.55. The standard InChI is InChI=1S/C11H16O4/c1-2-15-11(14)10(13)8-6-4-3-5-7-9(8)12/h13H,2-7H2,1H3. The Bertz CT molecular complexity index is 291. The number of aliphatic hydroxyl groups excluding tert-OH is 1. The Morgan fingerprint density at radius 2 is 2.00 bits per heavy atom. The second-order valence-corrected chi connectivity index (χ2v) is 3.53. The number of ether oxygens (including phenoxy) is 1. The number of allylic oxidation sites excluding steroid dienone is 1. The summed E-state index contributed by atoms with van der Waals surface area (Å²) < 4.78 is 4.65. The molecule has 0 amide bonds. The lowest BCUT2D eigenvalue weighted by Gasteiger charge is -2.05. The van der Waals surface area contributed by atoms with E-state index in [0.717, 1.165) is 19.3 Å². The second kappa shape index (κ2) is 5.53. The first-order valence-electron chi connectivity index (χ1n) is 5.29. The van der Waals surface area contributed by atoms with Crippen LogP contribution in [0, 0.1) is 0 Å². The normalized spacial score (nSPS) is 20.7. The quantitative estimate of drug-likeness (QED) is 0.328. The molecule has 84 valence electrons. The highest BCUT2D eigenvalue weighted by atomic mass is 16.5. The van der Waals surface area contributed by atoms with Gasteiger partial charge in [-0.3, -0.25) is 4.79 Å². The maximum atomic E-state index is 11.5. The van der Waals surface area contributed by atoms with Gasteiger partial charge in [0.25, 0.3) is 0 Å². The number of aliphatic hydroxyl groups is 1. The minimum Gasteiger partial charge on any atom is -0.502 e. The van der Waals surface area contributed by atoms with E-state index < -0.39 is 11.7 Å². The Kier molecular flexibility index (Phi) is 4.34. The molecular weight excluding hydrogens is 196 g/mol. The topological polar surface area (TPSA) is 63.6 Å². The molecular formula is C11H16O4. The van der Waals surface area contributed by atoms with Crippen molar-refractivity contribution in [3.63, 3.8) is 0 Å². The van der Waals surface area contributed by atoms with Crippen molar-refractivity contribution in [3.8, 4) is 0 Å². The van der Waals surface area contributed by atoms with Crippen LogP contribution in [0.25, 0.3) is 0 Å². The van der Waals surface area contributed by atoms with Crippen molar-refractivity contribution in [2.45, 2.75) is 39.0 Å². The molecule has 0 aromatic rings. The number of esters is 1. The van der Waals surface area contributed by atoms with Crippen LogP contribution >= 0.6 is 0 Å². The maximum absolute atomic E-state index is 11.5. The molecule has 1 aliphatic carbocycles. The Morgan fingerprint density at radius 3 is 2.67 bits per heavy atom.